The van der Waals surface area contributed by atoms with Crippen LogP contribution in [0.15, 0.2) is 42.7 Å². The van der Waals surface area contributed by atoms with E-state index in [4.69, 9.17) is 13.7 Å². The minimum Gasteiger partial charge on any atom is -0.499 e. The zero-order chi connectivity index (χ0) is 15.6. The average molecular weight is 314 g/mol. The van der Waals surface area contributed by atoms with E-state index >= 15 is 0 Å². The summed E-state index contributed by atoms with van der Waals surface area (Å²) in [5.41, 5.74) is 0.704. The van der Waals surface area contributed by atoms with Crippen molar-refractivity contribution in [2.45, 2.75) is 19.1 Å². The van der Waals surface area contributed by atoms with Crippen LogP contribution in [-0.2, 0) is 29.5 Å². The van der Waals surface area contributed by atoms with E-state index in [-0.39, 0.29) is 19.0 Å². The fourth-order valence-corrected chi connectivity index (χ4v) is 2.56. The summed E-state index contributed by atoms with van der Waals surface area (Å²) in [6.45, 7) is 6.70. The van der Waals surface area contributed by atoms with Gasteiger partial charge in [0, 0.05) is 13.0 Å². The van der Waals surface area contributed by atoms with Crippen molar-refractivity contribution in [2.75, 3.05) is 26.4 Å². The lowest BCUT2D eigenvalue weighted by Gasteiger charge is -2.07. The summed E-state index contributed by atoms with van der Waals surface area (Å²) in [6, 6.07) is 8.92. The highest BCUT2D eigenvalue weighted by Crippen LogP contribution is 2.07. The quantitative estimate of drug-likeness (QED) is 0.357. The summed E-state index contributed by atoms with van der Waals surface area (Å²) >= 11 is 0. The molecule has 118 valence electrons. The van der Waals surface area contributed by atoms with Crippen molar-refractivity contribution >= 4 is 10.1 Å². The van der Waals surface area contributed by atoms with Crippen molar-refractivity contribution in [3.8, 4) is 0 Å². The Morgan fingerprint density at radius 1 is 1.10 bits per heavy atom. The lowest BCUT2D eigenvalue weighted by molar-refractivity contribution is 0.0844. The molecule has 0 unspecified atom stereocenters. The van der Waals surface area contributed by atoms with Crippen LogP contribution in [0.4, 0.5) is 0 Å². The molecule has 0 atom stereocenters. The van der Waals surface area contributed by atoms with Crippen LogP contribution in [0.3, 0.4) is 0 Å². The topological polar surface area (TPSA) is 61.8 Å². The van der Waals surface area contributed by atoms with Gasteiger partial charge in [0.2, 0.25) is 0 Å². The van der Waals surface area contributed by atoms with Crippen LogP contribution >= 0.6 is 0 Å². The van der Waals surface area contributed by atoms with Gasteiger partial charge in [-0.2, -0.15) is 8.42 Å². The highest BCUT2D eigenvalue weighted by Gasteiger charge is 2.11. The van der Waals surface area contributed by atoms with Gasteiger partial charge >= 0.3 is 0 Å². The maximum absolute atomic E-state index is 11.7. The normalized spacial score (nSPS) is 11.3. The van der Waals surface area contributed by atoms with E-state index in [9.17, 15) is 8.42 Å². The first-order valence-electron chi connectivity index (χ1n) is 6.77. The van der Waals surface area contributed by atoms with Gasteiger partial charge < -0.3 is 9.47 Å². The monoisotopic (exact) mass is 314 g/mol. The van der Waals surface area contributed by atoms with Gasteiger partial charge in [-0.25, -0.2) is 0 Å². The number of hydrogen-bond acceptors (Lipinski definition) is 5. The second-order valence-electron chi connectivity index (χ2n) is 4.53. The van der Waals surface area contributed by atoms with Crippen molar-refractivity contribution in [1.82, 2.24) is 0 Å². The molecule has 0 fully saturated rings. The second-order valence-corrected chi connectivity index (χ2v) is 6.17. The molecule has 5 nitrogen and oxygen atoms in total. The van der Waals surface area contributed by atoms with Gasteiger partial charge in [0.05, 0.1) is 25.6 Å². The van der Waals surface area contributed by atoms with Crippen molar-refractivity contribution in [1.29, 1.82) is 0 Å². The molecule has 0 amide bonds. The highest BCUT2D eigenvalue weighted by atomic mass is 32.2. The Hall–Kier alpha value is -1.37. The Morgan fingerprint density at radius 3 is 2.48 bits per heavy atom. The van der Waals surface area contributed by atoms with Crippen LogP contribution < -0.4 is 0 Å². The maximum Gasteiger partial charge on any atom is 0.271 e. The third-order valence-electron chi connectivity index (χ3n) is 2.46. The molecule has 0 spiro atoms. The molecule has 0 bridgehead atoms. The summed E-state index contributed by atoms with van der Waals surface area (Å²) in [6.07, 6.45) is 0.726. The van der Waals surface area contributed by atoms with Crippen LogP contribution in [0.25, 0.3) is 0 Å². The van der Waals surface area contributed by atoms with Crippen molar-refractivity contribution in [3.63, 3.8) is 0 Å². The van der Waals surface area contributed by atoms with E-state index in [0.29, 0.717) is 24.5 Å². The first-order chi connectivity index (χ1) is 9.99. The number of ether oxygens (including phenoxy) is 2. The predicted octanol–water partition coefficient (Wildman–Crippen LogP) is 2.49. The van der Waals surface area contributed by atoms with E-state index in [1.54, 1.807) is 31.2 Å². The summed E-state index contributed by atoms with van der Waals surface area (Å²) in [5.74, 6) is 0.547. The number of allylic oxidation sites excluding steroid dienone is 1. The third-order valence-corrected chi connectivity index (χ3v) is 3.67. The van der Waals surface area contributed by atoms with Crippen LogP contribution in [0.1, 0.15) is 18.9 Å². The molecule has 0 aliphatic rings. The van der Waals surface area contributed by atoms with Gasteiger partial charge in [-0.15, -0.1) is 0 Å². The molecule has 0 heterocycles. The number of benzene rings is 1. The van der Waals surface area contributed by atoms with Gasteiger partial charge in [0.25, 0.3) is 10.1 Å². The second kappa shape index (κ2) is 9.55. The zero-order valence-electron chi connectivity index (χ0n) is 12.3. The Balaban J connectivity index is 2.10. The van der Waals surface area contributed by atoms with E-state index in [1.165, 1.54) is 0 Å². The zero-order valence-corrected chi connectivity index (χ0v) is 13.1. The fourth-order valence-electron chi connectivity index (χ4n) is 1.55. The predicted molar refractivity (Wildman–Crippen MR) is 81.2 cm³/mol. The largest absolute Gasteiger partial charge is 0.499 e. The lowest BCUT2D eigenvalue weighted by atomic mass is 10.2. The maximum atomic E-state index is 11.7. The smallest absolute Gasteiger partial charge is 0.271 e. The SMILES string of the molecule is C=C(C)OCCCOCCOS(=O)(=O)Cc1ccccc1. The van der Waals surface area contributed by atoms with E-state index < -0.39 is 10.1 Å². The Kier molecular flexibility index (Phi) is 8.04. The molecule has 0 aliphatic heterocycles. The molecule has 1 aromatic rings. The first-order valence-corrected chi connectivity index (χ1v) is 8.34. The van der Waals surface area contributed by atoms with Gasteiger partial charge in [-0.1, -0.05) is 36.9 Å². The molecule has 0 aliphatic carbocycles. The summed E-state index contributed by atoms with van der Waals surface area (Å²) < 4.78 is 38.7. The molecule has 0 saturated heterocycles. The van der Waals surface area contributed by atoms with Gasteiger partial charge in [0.15, 0.2) is 0 Å². The molecular formula is C15H22O5S. The summed E-state index contributed by atoms with van der Waals surface area (Å²) in [5, 5.41) is 0. The molecular weight excluding hydrogens is 292 g/mol. The number of rotatable bonds is 11. The van der Waals surface area contributed by atoms with E-state index in [0.717, 1.165) is 6.42 Å². The standard InChI is InChI=1S/C15H22O5S/c1-14(2)19-10-6-9-18-11-12-20-21(16,17)13-15-7-4-3-5-8-15/h3-5,7-8H,1,6,9-13H2,2H3. The molecule has 0 saturated carbocycles. The minimum atomic E-state index is -3.56. The van der Waals surface area contributed by atoms with E-state index in [1.807, 2.05) is 6.07 Å². The minimum absolute atomic E-state index is 0.0243. The molecule has 0 N–H and O–H groups in total. The first kappa shape index (κ1) is 17.7. The third kappa shape index (κ3) is 9.23. The molecule has 1 rings (SSSR count). The lowest BCUT2D eigenvalue weighted by Crippen LogP contribution is -2.14. The van der Waals surface area contributed by atoms with Gasteiger partial charge in [0.1, 0.15) is 5.75 Å². The Bertz CT molecular complexity index is 510. The highest BCUT2D eigenvalue weighted by molar-refractivity contribution is 7.85. The Morgan fingerprint density at radius 2 is 1.81 bits per heavy atom. The van der Waals surface area contributed by atoms with Gasteiger partial charge in [-0.05, 0) is 12.5 Å². The Labute approximate surface area is 126 Å². The summed E-state index contributed by atoms with van der Waals surface area (Å²) in [7, 11) is -3.56. The van der Waals surface area contributed by atoms with Crippen molar-refractivity contribution < 1.29 is 22.1 Å². The van der Waals surface area contributed by atoms with Crippen LogP contribution in [0.2, 0.25) is 0 Å². The summed E-state index contributed by atoms with van der Waals surface area (Å²) in [4.78, 5) is 0. The van der Waals surface area contributed by atoms with Crippen LogP contribution in [0, 0.1) is 0 Å². The van der Waals surface area contributed by atoms with Crippen LogP contribution in [0.5, 0.6) is 0 Å². The number of hydrogen-bond donors (Lipinski definition) is 0. The molecule has 6 heteroatoms. The molecule has 0 aromatic heterocycles. The van der Waals surface area contributed by atoms with Crippen molar-refractivity contribution in [3.05, 3.63) is 48.2 Å². The van der Waals surface area contributed by atoms with E-state index in [2.05, 4.69) is 6.58 Å². The molecule has 0 radical (unpaired) electrons. The fraction of sp³-hybridized carbons (Fsp3) is 0.467. The average Bonchev–Trinajstić information content (AvgIpc) is 2.42. The molecule has 1 aromatic carbocycles. The van der Waals surface area contributed by atoms with Crippen molar-refractivity contribution in [2.24, 2.45) is 0 Å². The van der Waals surface area contributed by atoms with Gasteiger partial charge in [-0.3, -0.25) is 4.18 Å². The van der Waals surface area contributed by atoms with Crippen LogP contribution in [-0.4, -0.2) is 34.8 Å². The molecule has 21 heavy (non-hydrogen) atoms.